The topological polar surface area (TPSA) is 69.6 Å². The molecule has 2 amide bonds. The van der Waals surface area contributed by atoms with Gasteiger partial charge in [-0.1, -0.05) is 6.92 Å². The van der Waals surface area contributed by atoms with Crippen molar-refractivity contribution in [2.75, 3.05) is 18.9 Å². The zero-order valence-corrected chi connectivity index (χ0v) is 11.1. The number of halogens is 1. The SMILES string of the molecule is Cc1cc(F)cc(NC(=O)N(C)CC(C)C(=O)O)c1. The van der Waals surface area contributed by atoms with Crippen molar-refractivity contribution in [3.8, 4) is 0 Å². The second kappa shape index (κ2) is 6.17. The van der Waals surface area contributed by atoms with E-state index in [-0.39, 0.29) is 6.54 Å². The number of hydrogen-bond donors (Lipinski definition) is 2. The number of nitrogens with one attached hydrogen (secondary N) is 1. The van der Waals surface area contributed by atoms with E-state index in [1.807, 2.05) is 0 Å². The quantitative estimate of drug-likeness (QED) is 0.880. The molecule has 0 spiro atoms. The molecule has 0 aliphatic carbocycles. The van der Waals surface area contributed by atoms with Crippen LogP contribution in [0.25, 0.3) is 0 Å². The first kappa shape index (κ1) is 14.9. The second-order valence-electron chi connectivity index (χ2n) is 4.57. The number of aliphatic carboxylic acids is 1. The highest BCUT2D eigenvalue weighted by Crippen LogP contribution is 2.14. The van der Waals surface area contributed by atoms with E-state index < -0.39 is 23.7 Å². The molecule has 1 aromatic rings. The molecule has 1 aromatic carbocycles. The van der Waals surface area contributed by atoms with Crippen molar-refractivity contribution in [3.05, 3.63) is 29.6 Å². The van der Waals surface area contributed by atoms with Gasteiger partial charge in [0.15, 0.2) is 0 Å². The average molecular weight is 268 g/mol. The van der Waals surface area contributed by atoms with E-state index in [4.69, 9.17) is 5.11 Å². The van der Waals surface area contributed by atoms with Gasteiger partial charge in [-0.05, 0) is 30.7 Å². The van der Waals surface area contributed by atoms with E-state index >= 15 is 0 Å². The van der Waals surface area contributed by atoms with Gasteiger partial charge in [0.2, 0.25) is 0 Å². The van der Waals surface area contributed by atoms with E-state index in [0.29, 0.717) is 11.3 Å². The molecule has 0 aliphatic rings. The predicted molar refractivity (Wildman–Crippen MR) is 69.6 cm³/mol. The van der Waals surface area contributed by atoms with Gasteiger partial charge in [-0.3, -0.25) is 4.79 Å². The molecule has 19 heavy (non-hydrogen) atoms. The van der Waals surface area contributed by atoms with Crippen LogP contribution < -0.4 is 5.32 Å². The summed E-state index contributed by atoms with van der Waals surface area (Å²) in [5, 5.41) is 11.3. The molecule has 0 radical (unpaired) electrons. The third-order valence-electron chi connectivity index (χ3n) is 2.61. The first-order valence-corrected chi connectivity index (χ1v) is 5.81. The number of rotatable bonds is 4. The normalized spacial score (nSPS) is 11.8. The van der Waals surface area contributed by atoms with Gasteiger partial charge < -0.3 is 15.3 Å². The van der Waals surface area contributed by atoms with E-state index in [1.165, 1.54) is 31.0 Å². The molecule has 1 rings (SSSR count). The lowest BCUT2D eigenvalue weighted by atomic mass is 10.2. The fraction of sp³-hybridized carbons (Fsp3) is 0.385. The summed E-state index contributed by atoms with van der Waals surface area (Å²) in [4.78, 5) is 23.7. The third-order valence-corrected chi connectivity index (χ3v) is 2.61. The highest BCUT2D eigenvalue weighted by atomic mass is 19.1. The molecular formula is C13H17FN2O3. The summed E-state index contributed by atoms with van der Waals surface area (Å²) in [6.07, 6.45) is 0. The number of carbonyl (C=O) groups is 2. The zero-order valence-electron chi connectivity index (χ0n) is 11.1. The number of amides is 2. The van der Waals surface area contributed by atoms with E-state index in [0.717, 1.165) is 0 Å². The average Bonchev–Trinajstić information content (AvgIpc) is 2.26. The molecule has 0 saturated carbocycles. The van der Waals surface area contributed by atoms with Crippen LogP contribution in [0.3, 0.4) is 0 Å². The van der Waals surface area contributed by atoms with Gasteiger partial charge in [0.05, 0.1) is 5.92 Å². The minimum Gasteiger partial charge on any atom is -0.481 e. The summed E-state index contributed by atoms with van der Waals surface area (Å²) in [6.45, 7) is 3.31. The van der Waals surface area contributed by atoms with Gasteiger partial charge in [-0.15, -0.1) is 0 Å². The Kier molecular flexibility index (Phi) is 4.86. The van der Waals surface area contributed by atoms with Crippen LogP contribution in [0.5, 0.6) is 0 Å². The number of aryl methyl sites for hydroxylation is 1. The van der Waals surface area contributed by atoms with Crippen LogP contribution >= 0.6 is 0 Å². The second-order valence-corrected chi connectivity index (χ2v) is 4.57. The monoisotopic (exact) mass is 268 g/mol. The summed E-state index contributed by atoms with van der Waals surface area (Å²) in [5.74, 6) is -2.07. The van der Waals surface area contributed by atoms with Crippen molar-refractivity contribution >= 4 is 17.7 Å². The van der Waals surface area contributed by atoms with Crippen LogP contribution in [0.15, 0.2) is 18.2 Å². The molecule has 6 heteroatoms. The number of urea groups is 1. The van der Waals surface area contributed by atoms with Gasteiger partial charge in [0, 0.05) is 19.3 Å². The first-order valence-electron chi connectivity index (χ1n) is 5.81. The van der Waals surface area contributed by atoms with Crippen LogP contribution in [0, 0.1) is 18.7 Å². The van der Waals surface area contributed by atoms with Crippen molar-refractivity contribution in [1.82, 2.24) is 4.90 Å². The highest BCUT2D eigenvalue weighted by molar-refractivity contribution is 5.89. The Morgan fingerprint density at radius 1 is 1.42 bits per heavy atom. The molecule has 0 bridgehead atoms. The fourth-order valence-corrected chi connectivity index (χ4v) is 1.60. The Morgan fingerprint density at radius 3 is 2.58 bits per heavy atom. The van der Waals surface area contributed by atoms with Crippen molar-refractivity contribution in [2.24, 2.45) is 5.92 Å². The number of anilines is 1. The Morgan fingerprint density at radius 2 is 2.05 bits per heavy atom. The van der Waals surface area contributed by atoms with E-state index in [9.17, 15) is 14.0 Å². The van der Waals surface area contributed by atoms with Crippen LogP contribution in [-0.4, -0.2) is 35.6 Å². The van der Waals surface area contributed by atoms with Crippen LogP contribution in [-0.2, 0) is 4.79 Å². The molecular weight excluding hydrogens is 251 g/mol. The van der Waals surface area contributed by atoms with Gasteiger partial charge in [-0.2, -0.15) is 0 Å². The molecule has 104 valence electrons. The number of benzene rings is 1. The van der Waals surface area contributed by atoms with Crippen molar-refractivity contribution < 1.29 is 19.1 Å². The van der Waals surface area contributed by atoms with Gasteiger partial charge >= 0.3 is 12.0 Å². The van der Waals surface area contributed by atoms with Crippen molar-refractivity contribution in [1.29, 1.82) is 0 Å². The Labute approximate surface area is 111 Å². The van der Waals surface area contributed by atoms with E-state index in [1.54, 1.807) is 13.0 Å². The van der Waals surface area contributed by atoms with Crippen LogP contribution in [0.2, 0.25) is 0 Å². The molecule has 0 fully saturated rings. The molecule has 1 atom stereocenters. The highest BCUT2D eigenvalue weighted by Gasteiger charge is 2.17. The van der Waals surface area contributed by atoms with Gasteiger partial charge in [-0.25, -0.2) is 9.18 Å². The standard InChI is InChI=1S/C13H17FN2O3/c1-8-4-10(14)6-11(5-8)15-13(19)16(3)7-9(2)12(17)18/h4-6,9H,7H2,1-3H3,(H,15,19)(H,17,18). The molecule has 0 heterocycles. The smallest absolute Gasteiger partial charge is 0.321 e. The Bertz CT molecular complexity index is 471. The first-order chi connectivity index (χ1) is 8.79. The maximum Gasteiger partial charge on any atom is 0.321 e. The largest absolute Gasteiger partial charge is 0.481 e. The maximum atomic E-state index is 13.2. The summed E-state index contributed by atoms with van der Waals surface area (Å²) < 4.78 is 13.2. The molecule has 2 N–H and O–H groups in total. The minimum absolute atomic E-state index is 0.0788. The lowest BCUT2D eigenvalue weighted by Crippen LogP contribution is -2.36. The number of carboxylic acid groups (broad SMARTS) is 1. The molecule has 0 aliphatic heterocycles. The molecule has 0 saturated heterocycles. The summed E-state index contributed by atoms with van der Waals surface area (Å²) >= 11 is 0. The number of nitrogens with zero attached hydrogens (tertiary/aromatic N) is 1. The lowest BCUT2D eigenvalue weighted by molar-refractivity contribution is -0.141. The maximum absolute atomic E-state index is 13.2. The minimum atomic E-state index is -0.971. The number of hydrogen-bond acceptors (Lipinski definition) is 2. The number of carbonyl (C=O) groups excluding carboxylic acids is 1. The van der Waals surface area contributed by atoms with Gasteiger partial charge in [0.25, 0.3) is 0 Å². The van der Waals surface area contributed by atoms with Crippen LogP contribution in [0.4, 0.5) is 14.9 Å². The number of carboxylic acids is 1. The fourth-order valence-electron chi connectivity index (χ4n) is 1.60. The van der Waals surface area contributed by atoms with E-state index in [2.05, 4.69) is 5.32 Å². The Hall–Kier alpha value is -2.11. The predicted octanol–water partition coefficient (Wildman–Crippen LogP) is 2.32. The molecule has 1 unspecified atom stereocenters. The van der Waals surface area contributed by atoms with Gasteiger partial charge in [0.1, 0.15) is 5.82 Å². The molecule has 5 nitrogen and oxygen atoms in total. The van der Waals surface area contributed by atoms with Crippen LogP contribution in [0.1, 0.15) is 12.5 Å². The third kappa shape index (κ3) is 4.57. The Balaban J connectivity index is 2.66. The zero-order chi connectivity index (χ0) is 14.6. The summed E-state index contributed by atoms with van der Waals surface area (Å²) in [7, 11) is 1.49. The summed E-state index contributed by atoms with van der Waals surface area (Å²) in [6, 6.07) is 3.72. The molecule has 0 aromatic heterocycles. The summed E-state index contributed by atoms with van der Waals surface area (Å²) in [5.41, 5.74) is 1.04. The lowest BCUT2D eigenvalue weighted by Gasteiger charge is -2.20. The van der Waals surface area contributed by atoms with Crippen molar-refractivity contribution in [3.63, 3.8) is 0 Å². The van der Waals surface area contributed by atoms with Crippen molar-refractivity contribution in [2.45, 2.75) is 13.8 Å².